The molecule has 0 amide bonds. The van der Waals surface area contributed by atoms with Gasteiger partial charge >= 0.3 is 7.60 Å². The number of aromatic nitrogens is 2. The van der Waals surface area contributed by atoms with Crippen molar-refractivity contribution in [2.24, 2.45) is 0 Å². The maximum atomic E-state index is 13.0. The summed E-state index contributed by atoms with van der Waals surface area (Å²) in [5.41, 5.74) is 1.10. The molecule has 152 valence electrons. The zero-order valence-corrected chi connectivity index (χ0v) is 19.2. The van der Waals surface area contributed by atoms with E-state index >= 15 is 0 Å². The van der Waals surface area contributed by atoms with E-state index in [0.717, 1.165) is 16.5 Å². The molecule has 10 heteroatoms. The summed E-state index contributed by atoms with van der Waals surface area (Å²) in [5.74, 6) is 0.557. The number of nitrogens with one attached hydrogen (secondary N) is 1. The van der Waals surface area contributed by atoms with Gasteiger partial charge in [0.2, 0.25) is 0 Å². The Hall–Kier alpha value is -1.38. The average molecular weight is 487 g/mol. The SMILES string of the molecule is CCOP(=O)(CN(C(=S)NCCc1cccnc1)c1ccc(Br)cn1)OCC. The second kappa shape index (κ2) is 11.6. The van der Waals surface area contributed by atoms with Crippen molar-refractivity contribution < 1.29 is 13.6 Å². The van der Waals surface area contributed by atoms with E-state index < -0.39 is 7.60 Å². The molecule has 0 saturated carbocycles. The van der Waals surface area contributed by atoms with Crippen LogP contribution in [-0.2, 0) is 20.0 Å². The minimum Gasteiger partial charge on any atom is -0.362 e. The molecule has 0 aliphatic rings. The maximum Gasteiger partial charge on any atom is 0.350 e. The first-order valence-electron chi connectivity index (χ1n) is 8.91. The van der Waals surface area contributed by atoms with Crippen LogP contribution in [0.25, 0.3) is 0 Å². The minimum absolute atomic E-state index is 0.0258. The highest BCUT2D eigenvalue weighted by Gasteiger charge is 2.30. The summed E-state index contributed by atoms with van der Waals surface area (Å²) in [5, 5.41) is 3.60. The van der Waals surface area contributed by atoms with Gasteiger partial charge in [-0.2, -0.15) is 0 Å². The van der Waals surface area contributed by atoms with Crippen LogP contribution in [0.5, 0.6) is 0 Å². The van der Waals surface area contributed by atoms with Gasteiger partial charge in [-0.05, 0) is 72.2 Å². The van der Waals surface area contributed by atoms with E-state index in [2.05, 4.69) is 31.2 Å². The van der Waals surface area contributed by atoms with Gasteiger partial charge in [0, 0.05) is 29.6 Å². The predicted molar refractivity (Wildman–Crippen MR) is 119 cm³/mol. The second-order valence-corrected chi connectivity index (χ2v) is 9.02. The number of hydrogen-bond acceptors (Lipinski definition) is 6. The van der Waals surface area contributed by atoms with Crippen molar-refractivity contribution in [3.8, 4) is 0 Å². The Labute approximate surface area is 179 Å². The van der Waals surface area contributed by atoms with Crippen LogP contribution in [0.2, 0.25) is 0 Å². The number of pyridine rings is 2. The highest BCUT2D eigenvalue weighted by atomic mass is 79.9. The molecule has 0 aliphatic heterocycles. The number of hydrogen-bond donors (Lipinski definition) is 1. The summed E-state index contributed by atoms with van der Waals surface area (Å²) in [6.45, 7) is 4.71. The van der Waals surface area contributed by atoms with Gasteiger partial charge in [0.1, 0.15) is 12.1 Å². The Bertz CT molecular complexity index is 785. The molecule has 2 rings (SSSR count). The Kier molecular flexibility index (Phi) is 9.47. The highest BCUT2D eigenvalue weighted by Crippen LogP contribution is 2.49. The predicted octanol–water partition coefficient (Wildman–Crippen LogP) is 4.39. The molecule has 28 heavy (non-hydrogen) atoms. The number of thiocarbonyl (C=S) groups is 1. The van der Waals surface area contributed by atoms with Gasteiger partial charge in [-0.25, -0.2) is 4.98 Å². The smallest absolute Gasteiger partial charge is 0.350 e. The van der Waals surface area contributed by atoms with Crippen LogP contribution in [0.3, 0.4) is 0 Å². The Morgan fingerprint density at radius 1 is 1.25 bits per heavy atom. The number of rotatable bonds is 10. The molecule has 0 bridgehead atoms. The molecule has 0 aromatic carbocycles. The van der Waals surface area contributed by atoms with Gasteiger partial charge < -0.3 is 14.4 Å². The van der Waals surface area contributed by atoms with Gasteiger partial charge in [0.15, 0.2) is 5.11 Å². The van der Waals surface area contributed by atoms with Crippen LogP contribution in [-0.4, -0.2) is 41.1 Å². The third kappa shape index (κ3) is 7.22. The maximum absolute atomic E-state index is 13.0. The molecule has 0 radical (unpaired) electrons. The molecule has 7 nitrogen and oxygen atoms in total. The second-order valence-electron chi connectivity index (χ2n) is 5.69. The van der Waals surface area contributed by atoms with E-state index in [0.29, 0.717) is 17.5 Å². The summed E-state index contributed by atoms with van der Waals surface area (Å²) in [6.07, 6.45) is 5.94. The molecule has 0 spiro atoms. The molecule has 1 N–H and O–H groups in total. The third-order valence-corrected chi connectivity index (χ3v) is 6.38. The average Bonchev–Trinajstić information content (AvgIpc) is 2.68. The fourth-order valence-corrected chi connectivity index (χ4v) is 4.66. The molecule has 2 aromatic rings. The lowest BCUT2D eigenvalue weighted by atomic mass is 10.2. The van der Waals surface area contributed by atoms with E-state index in [1.807, 2.05) is 24.4 Å². The first-order valence-corrected chi connectivity index (χ1v) is 11.8. The lowest BCUT2D eigenvalue weighted by Gasteiger charge is -2.28. The molecule has 2 aromatic heterocycles. The van der Waals surface area contributed by atoms with Gasteiger partial charge in [-0.15, -0.1) is 0 Å². The topological polar surface area (TPSA) is 76.6 Å². The Balaban J connectivity index is 2.13. The normalized spacial score (nSPS) is 11.2. The minimum atomic E-state index is -3.36. The van der Waals surface area contributed by atoms with Crippen LogP contribution < -0.4 is 10.2 Å². The van der Waals surface area contributed by atoms with Crippen molar-refractivity contribution in [2.45, 2.75) is 20.3 Å². The standard InChI is InChI=1S/C18H24BrN4O3PS/c1-3-25-27(24,26-4-2)14-23(17-8-7-16(19)13-22-17)18(28)21-11-9-15-6-5-10-20-12-15/h5-8,10,12-13H,3-4,9,11,14H2,1-2H3,(H,21,28). The van der Waals surface area contributed by atoms with E-state index in [1.54, 1.807) is 37.2 Å². The molecule has 0 unspecified atom stereocenters. The van der Waals surface area contributed by atoms with E-state index in [4.69, 9.17) is 21.3 Å². The summed E-state index contributed by atoms with van der Waals surface area (Å²) in [6, 6.07) is 7.54. The molecule has 0 aliphatic carbocycles. The van der Waals surface area contributed by atoms with Gasteiger partial charge in [0.25, 0.3) is 0 Å². The first kappa shape index (κ1) is 22.9. The fourth-order valence-electron chi connectivity index (χ4n) is 2.41. The number of nitrogens with zero attached hydrogens (tertiary/aromatic N) is 3. The third-order valence-electron chi connectivity index (χ3n) is 3.61. The molecule has 2 heterocycles. The van der Waals surface area contributed by atoms with Crippen molar-refractivity contribution >= 4 is 46.7 Å². The van der Waals surface area contributed by atoms with E-state index in [-0.39, 0.29) is 19.5 Å². The van der Waals surface area contributed by atoms with Crippen molar-refractivity contribution in [3.63, 3.8) is 0 Å². The van der Waals surface area contributed by atoms with Gasteiger partial charge in [-0.1, -0.05) is 6.07 Å². The number of anilines is 1. The highest BCUT2D eigenvalue weighted by molar-refractivity contribution is 9.10. The molecule has 0 atom stereocenters. The zero-order chi connectivity index (χ0) is 20.4. The van der Waals surface area contributed by atoms with Crippen LogP contribution in [0, 0.1) is 0 Å². The summed E-state index contributed by atoms with van der Waals surface area (Å²) in [4.78, 5) is 10.1. The van der Waals surface area contributed by atoms with Crippen molar-refractivity contribution in [1.29, 1.82) is 0 Å². The van der Waals surface area contributed by atoms with Crippen LogP contribution in [0.1, 0.15) is 19.4 Å². The van der Waals surface area contributed by atoms with Crippen LogP contribution >= 0.6 is 35.7 Å². The monoisotopic (exact) mass is 486 g/mol. The summed E-state index contributed by atoms with van der Waals surface area (Å²) < 4.78 is 24.7. The summed E-state index contributed by atoms with van der Waals surface area (Å²) in [7, 11) is -3.36. The Morgan fingerprint density at radius 3 is 2.57 bits per heavy atom. The molecular formula is C18H24BrN4O3PS. The lowest BCUT2D eigenvalue weighted by Crippen LogP contribution is -2.42. The van der Waals surface area contributed by atoms with E-state index in [9.17, 15) is 4.57 Å². The quantitative estimate of drug-likeness (QED) is 0.391. The number of halogens is 1. The van der Waals surface area contributed by atoms with Crippen LogP contribution in [0.15, 0.2) is 47.3 Å². The van der Waals surface area contributed by atoms with Crippen molar-refractivity contribution in [2.75, 3.05) is 30.9 Å². The first-order chi connectivity index (χ1) is 13.5. The van der Waals surface area contributed by atoms with Crippen molar-refractivity contribution in [1.82, 2.24) is 15.3 Å². The van der Waals surface area contributed by atoms with Gasteiger partial charge in [0.05, 0.1) is 13.2 Å². The fraction of sp³-hybridized carbons (Fsp3) is 0.389. The Morgan fingerprint density at radius 2 is 2.00 bits per heavy atom. The molecular weight excluding hydrogens is 463 g/mol. The van der Waals surface area contributed by atoms with Crippen LogP contribution in [0.4, 0.5) is 5.82 Å². The summed E-state index contributed by atoms with van der Waals surface area (Å²) >= 11 is 8.93. The van der Waals surface area contributed by atoms with E-state index in [1.165, 1.54) is 0 Å². The molecule has 0 saturated heterocycles. The van der Waals surface area contributed by atoms with Gasteiger partial charge in [-0.3, -0.25) is 14.4 Å². The largest absolute Gasteiger partial charge is 0.362 e. The van der Waals surface area contributed by atoms with Crippen molar-refractivity contribution in [3.05, 3.63) is 52.9 Å². The molecule has 0 fully saturated rings. The zero-order valence-electron chi connectivity index (χ0n) is 15.9. The lowest BCUT2D eigenvalue weighted by molar-refractivity contribution is 0.220.